The van der Waals surface area contributed by atoms with Crippen molar-refractivity contribution in [2.24, 2.45) is 0 Å². The Balaban J connectivity index is 2.26. The summed E-state index contributed by atoms with van der Waals surface area (Å²) in [6.07, 6.45) is 0. The van der Waals surface area contributed by atoms with Crippen LogP contribution < -0.4 is 0 Å². The van der Waals surface area contributed by atoms with Gasteiger partial charge in [0.15, 0.2) is 28.6 Å². The number of aromatic hydroxyl groups is 6. The number of rotatable bonds is 2. The maximum absolute atomic E-state index is 12.9. The monoisotopic (exact) mass is 574 g/mol. The van der Waals surface area contributed by atoms with Crippen LogP contribution in [0.3, 0.4) is 0 Å². The molecule has 0 radical (unpaired) electrons. The van der Waals surface area contributed by atoms with Crippen molar-refractivity contribution in [3.05, 3.63) is 62.0 Å². The topological polar surface area (TPSA) is 165 Å². The molecule has 0 fully saturated rings. The van der Waals surface area contributed by atoms with Gasteiger partial charge in [-0.25, -0.2) is 4.18 Å². The maximum Gasteiger partial charge on any atom is 0.298 e. The number of hydrogen-bond acceptors (Lipinski definition) is 9. The molecule has 6 N–H and O–H groups in total. The first kappa shape index (κ1) is 21.6. The Kier molecular flexibility index (Phi) is 4.81. The molecule has 4 rings (SSSR count). The zero-order valence-corrected chi connectivity index (χ0v) is 19.0. The van der Waals surface area contributed by atoms with Crippen LogP contribution in [0.2, 0.25) is 0 Å². The Labute approximate surface area is 191 Å². The summed E-state index contributed by atoms with van der Waals surface area (Å²) in [7, 11) is -4.46. The van der Waals surface area contributed by atoms with E-state index in [4.69, 9.17) is 4.18 Å². The van der Waals surface area contributed by atoms with E-state index in [1.807, 2.05) is 0 Å². The quantitative estimate of drug-likeness (QED) is 0.198. The standard InChI is InChI=1S/C19H12Br2O9S/c20-10-5-8(13(22)17(26)15(10)24)19(9-6-11(21)16(25)18(27)14(9)23)7-3-1-2-4-12(7)31(28,29)30-19/h1-6,22-27H. The number of hydrogen-bond donors (Lipinski definition) is 6. The summed E-state index contributed by atoms with van der Waals surface area (Å²) >= 11 is 6.03. The predicted octanol–water partition coefficient (Wildman–Crippen LogP) is 3.46. The molecule has 3 aromatic rings. The molecule has 1 aliphatic heterocycles. The predicted molar refractivity (Wildman–Crippen MR) is 113 cm³/mol. The smallest absolute Gasteiger partial charge is 0.298 e. The zero-order chi connectivity index (χ0) is 22.9. The van der Waals surface area contributed by atoms with Crippen LogP contribution in [0.25, 0.3) is 0 Å². The summed E-state index contributed by atoms with van der Waals surface area (Å²) in [6, 6.07) is 7.71. The van der Waals surface area contributed by atoms with E-state index in [0.29, 0.717) is 0 Å². The highest BCUT2D eigenvalue weighted by molar-refractivity contribution is 9.11. The van der Waals surface area contributed by atoms with Crippen molar-refractivity contribution in [2.75, 3.05) is 0 Å². The van der Waals surface area contributed by atoms with E-state index in [0.717, 1.165) is 12.1 Å². The number of benzene rings is 3. The molecule has 0 unspecified atom stereocenters. The third-order valence-electron chi connectivity index (χ3n) is 4.93. The molecule has 1 heterocycles. The highest BCUT2D eigenvalue weighted by Gasteiger charge is 2.55. The van der Waals surface area contributed by atoms with E-state index in [-0.39, 0.29) is 30.5 Å². The molecule has 0 amide bonds. The third-order valence-corrected chi connectivity index (χ3v) is 7.50. The summed E-state index contributed by atoms with van der Waals surface area (Å²) in [6.45, 7) is 0. The molecule has 3 aromatic carbocycles. The molecule has 0 aromatic heterocycles. The summed E-state index contributed by atoms with van der Waals surface area (Å²) in [5.41, 5.74) is -3.13. The van der Waals surface area contributed by atoms with Gasteiger partial charge >= 0.3 is 0 Å². The Bertz CT molecular complexity index is 1310. The molecule has 0 saturated carbocycles. The van der Waals surface area contributed by atoms with Crippen LogP contribution in [0.5, 0.6) is 34.5 Å². The fraction of sp³-hybridized carbons (Fsp3) is 0.0526. The van der Waals surface area contributed by atoms with Gasteiger partial charge in [0, 0.05) is 16.7 Å². The SMILES string of the molecule is O=S1(=O)OC(c2cc(Br)c(O)c(O)c2O)(c2cc(Br)c(O)c(O)c2O)c2ccccc21. The van der Waals surface area contributed by atoms with E-state index >= 15 is 0 Å². The Hall–Kier alpha value is -2.67. The highest BCUT2D eigenvalue weighted by atomic mass is 79.9. The third kappa shape index (κ3) is 2.86. The van der Waals surface area contributed by atoms with Crippen molar-refractivity contribution >= 4 is 42.0 Å². The minimum absolute atomic E-state index is 0.0606. The summed E-state index contributed by atoms with van der Waals surface area (Å²) in [4.78, 5) is -0.291. The van der Waals surface area contributed by atoms with Crippen molar-refractivity contribution < 1.29 is 43.2 Å². The van der Waals surface area contributed by atoms with Crippen LogP contribution >= 0.6 is 31.9 Å². The van der Waals surface area contributed by atoms with Gasteiger partial charge in [0.2, 0.25) is 11.5 Å². The van der Waals surface area contributed by atoms with Crippen LogP contribution in [-0.2, 0) is 19.9 Å². The van der Waals surface area contributed by atoms with E-state index in [2.05, 4.69) is 31.9 Å². The fourth-order valence-corrected chi connectivity index (χ4v) is 5.77. The van der Waals surface area contributed by atoms with Crippen molar-refractivity contribution in [2.45, 2.75) is 10.5 Å². The second-order valence-corrected chi connectivity index (χ2v) is 9.84. The molecule has 0 atom stereocenters. The Morgan fingerprint density at radius 1 is 0.677 bits per heavy atom. The van der Waals surface area contributed by atoms with Crippen molar-refractivity contribution in [1.82, 2.24) is 0 Å². The van der Waals surface area contributed by atoms with Gasteiger partial charge in [-0.05, 0) is 50.1 Å². The summed E-state index contributed by atoms with van der Waals surface area (Å²) in [5.74, 6) is -5.26. The minimum atomic E-state index is -4.46. The Morgan fingerprint density at radius 2 is 1.13 bits per heavy atom. The van der Waals surface area contributed by atoms with Crippen LogP contribution in [0.1, 0.15) is 16.7 Å². The van der Waals surface area contributed by atoms with Crippen LogP contribution in [0.15, 0.2) is 50.2 Å². The van der Waals surface area contributed by atoms with Crippen molar-refractivity contribution in [3.63, 3.8) is 0 Å². The van der Waals surface area contributed by atoms with E-state index in [1.54, 1.807) is 0 Å². The lowest BCUT2D eigenvalue weighted by atomic mass is 9.79. The maximum atomic E-state index is 12.9. The fourth-order valence-electron chi connectivity index (χ4n) is 3.52. The average molecular weight is 576 g/mol. The molecule has 1 aliphatic rings. The van der Waals surface area contributed by atoms with Gasteiger partial charge in [-0.2, -0.15) is 8.42 Å². The zero-order valence-electron chi connectivity index (χ0n) is 15.0. The lowest BCUT2D eigenvalue weighted by molar-refractivity contribution is 0.169. The van der Waals surface area contributed by atoms with Gasteiger partial charge in [0.25, 0.3) is 10.1 Å². The summed E-state index contributed by atoms with van der Waals surface area (Å²) in [5, 5.41) is 61.6. The molecule has 0 saturated heterocycles. The van der Waals surface area contributed by atoms with Crippen LogP contribution in [0.4, 0.5) is 0 Å². The molecule has 31 heavy (non-hydrogen) atoms. The first-order valence-electron chi connectivity index (χ1n) is 8.36. The van der Waals surface area contributed by atoms with Gasteiger partial charge in [-0.15, -0.1) is 0 Å². The van der Waals surface area contributed by atoms with Gasteiger partial charge in [-0.1, -0.05) is 18.2 Å². The van der Waals surface area contributed by atoms with Crippen LogP contribution in [0, 0.1) is 0 Å². The van der Waals surface area contributed by atoms with Gasteiger partial charge < -0.3 is 30.6 Å². The molecular formula is C19H12Br2O9S. The molecule has 9 nitrogen and oxygen atoms in total. The lowest BCUT2D eigenvalue weighted by Gasteiger charge is -2.31. The molecule has 12 heteroatoms. The minimum Gasteiger partial charge on any atom is -0.504 e. The normalized spacial score (nSPS) is 16.2. The molecule has 0 aliphatic carbocycles. The first-order chi connectivity index (χ1) is 14.4. The van der Waals surface area contributed by atoms with E-state index < -0.39 is 50.2 Å². The second kappa shape index (κ2) is 6.92. The number of phenols is 6. The van der Waals surface area contributed by atoms with Crippen molar-refractivity contribution in [1.29, 1.82) is 0 Å². The largest absolute Gasteiger partial charge is 0.504 e. The first-order valence-corrected chi connectivity index (χ1v) is 11.4. The number of fused-ring (bicyclic) bond motifs is 1. The molecule has 0 spiro atoms. The van der Waals surface area contributed by atoms with Gasteiger partial charge in [-0.3, -0.25) is 0 Å². The average Bonchev–Trinajstić information content (AvgIpc) is 2.98. The van der Waals surface area contributed by atoms with E-state index in [9.17, 15) is 39.1 Å². The van der Waals surface area contributed by atoms with Crippen molar-refractivity contribution in [3.8, 4) is 34.5 Å². The molecular weight excluding hydrogens is 564 g/mol. The van der Waals surface area contributed by atoms with E-state index in [1.165, 1.54) is 24.3 Å². The Morgan fingerprint density at radius 3 is 1.61 bits per heavy atom. The number of halogens is 2. The lowest BCUT2D eigenvalue weighted by Crippen LogP contribution is -2.30. The molecule has 162 valence electrons. The highest BCUT2D eigenvalue weighted by Crippen LogP contribution is 2.60. The number of phenolic OH excluding ortho intramolecular Hbond substituents is 6. The van der Waals surface area contributed by atoms with Crippen LogP contribution in [-0.4, -0.2) is 39.1 Å². The van der Waals surface area contributed by atoms with Gasteiger partial charge in [0.05, 0.1) is 8.95 Å². The molecule has 0 bridgehead atoms. The van der Waals surface area contributed by atoms with Gasteiger partial charge in [0.1, 0.15) is 4.90 Å². The second-order valence-electron chi connectivity index (χ2n) is 6.62. The summed E-state index contributed by atoms with van der Waals surface area (Å²) < 4.78 is 31.0.